The minimum Gasteiger partial charge on any atom is -0.481 e. The molecule has 1 rings (SSSR count). The van der Waals surface area contributed by atoms with Crippen LogP contribution in [0.2, 0.25) is 0 Å². The zero-order valence-electron chi connectivity index (χ0n) is 8.21. The molecule has 0 spiro atoms. The molecule has 80 valence electrons. The lowest BCUT2D eigenvalue weighted by molar-refractivity contribution is -0.139. The average Bonchev–Trinajstić information content (AvgIpc) is 2.08. The molecule has 0 unspecified atom stereocenters. The van der Waals surface area contributed by atoms with Crippen LogP contribution < -0.4 is 5.32 Å². The second-order valence-electron chi connectivity index (χ2n) is 3.97. The molecule has 1 fully saturated rings. The molecule has 0 atom stereocenters. The highest BCUT2D eigenvalue weighted by atomic mass is 16.5. The highest BCUT2D eigenvalue weighted by molar-refractivity contribution is 5.80. The van der Waals surface area contributed by atoms with Gasteiger partial charge >= 0.3 is 5.97 Å². The monoisotopic (exact) mass is 201 g/mol. The van der Waals surface area contributed by atoms with Gasteiger partial charge in [0.2, 0.25) is 5.91 Å². The number of hydrogen-bond acceptors (Lipinski definition) is 3. The third-order valence-corrected chi connectivity index (χ3v) is 2.18. The molecule has 1 aliphatic heterocycles. The van der Waals surface area contributed by atoms with Crippen molar-refractivity contribution >= 4 is 11.9 Å². The van der Waals surface area contributed by atoms with Crippen LogP contribution in [0.5, 0.6) is 0 Å². The highest BCUT2D eigenvalue weighted by Crippen LogP contribution is 2.24. The Balaban J connectivity index is 2.11. The van der Waals surface area contributed by atoms with Crippen LogP contribution in [0, 0.1) is 5.41 Å². The molecule has 14 heavy (non-hydrogen) atoms. The van der Waals surface area contributed by atoms with Gasteiger partial charge in [0.15, 0.2) is 0 Å². The van der Waals surface area contributed by atoms with Gasteiger partial charge in [-0.2, -0.15) is 0 Å². The molecule has 0 aliphatic carbocycles. The van der Waals surface area contributed by atoms with Crippen molar-refractivity contribution in [2.75, 3.05) is 19.8 Å². The van der Waals surface area contributed by atoms with Gasteiger partial charge in [0.1, 0.15) is 0 Å². The van der Waals surface area contributed by atoms with Crippen LogP contribution in [-0.4, -0.2) is 36.7 Å². The molecule has 1 aliphatic rings. The van der Waals surface area contributed by atoms with Crippen LogP contribution in [0.1, 0.15) is 19.8 Å². The fourth-order valence-electron chi connectivity index (χ4n) is 1.17. The fraction of sp³-hybridized carbons (Fsp3) is 0.778. The summed E-state index contributed by atoms with van der Waals surface area (Å²) in [5, 5.41) is 11.0. The summed E-state index contributed by atoms with van der Waals surface area (Å²) in [4.78, 5) is 21.3. The Morgan fingerprint density at radius 3 is 2.50 bits per heavy atom. The van der Waals surface area contributed by atoms with Crippen molar-refractivity contribution in [3.63, 3.8) is 0 Å². The molecule has 5 heteroatoms. The van der Waals surface area contributed by atoms with E-state index in [9.17, 15) is 9.59 Å². The van der Waals surface area contributed by atoms with Crippen LogP contribution in [0.25, 0.3) is 0 Å². The van der Waals surface area contributed by atoms with Gasteiger partial charge in [-0.15, -0.1) is 0 Å². The number of carboxylic acids is 1. The molecule has 0 aromatic carbocycles. The largest absolute Gasteiger partial charge is 0.481 e. The molecular weight excluding hydrogens is 186 g/mol. The van der Waals surface area contributed by atoms with E-state index in [1.807, 2.05) is 6.92 Å². The highest BCUT2D eigenvalue weighted by Gasteiger charge is 2.33. The molecular formula is C9H15NO4. The fourth-order valence-corrected chi connectivity index (χ4v) is 1.17. The Morgan fingerprint density at radius 1 is 1.43 bits per heavy atom. The molecule has 0 aromatic rings. The van der Waals surface area contributed by atoms with Crippen LogP contribution >= 0.6 is 0 Å². The molecule has 1 amide bonds. The summed E-state index contributed by atoms with van der Waals surface area (Å²) in [5.74, 6) is -1.15. The Kier molecular flexibility index (Phi) is 3.46. The lowest BCUT2D eigenvalue weighted by Crippen LogP contribution is -2.48. The van der Waals surface area contributed by atoms with E-state index in [2.05, 4.69) is 5.32 Å². The van der Waals surface area contributed by atoms with E-state index < -0.39 is 5.97 Å². The Morgan fingerprint density at radius 2 is 2.07 bits per heavy atom. The van der Waals surface area contributed by atoms with E-state index in [0.29, 0.717) is 19.8 Å². The number of carboxylic acid groups (broad SMARTS) is 1. The van der Waals surface area contributed by atoms with E-state index in [0.717, 1.165) is 0 Å². The van der Waals surface area contributed by atoms with Gasteiger partial charge in [0.25, 0.3) is 0 Å². The third kappa shape index (κ3) is 3.33. The lowest BCUT2D eigenvalue weighted by Gasteiger charge is -2.38. The first-order valence-corrected chi connectivity index (χ1v) is 4.58. The van der Waals surface area contributed by atoms with Crippen LogP contribution in [0.4, 0.5) is 0 Å². The summed E-state index contributed by atoms with van der Waals surface area (Å²) in [6.45, 7) is 3.90. The van der Waals surface area contributed by atoms with Gasteiger partial charge in [-0.3, -0.25) is 9.59 Å². The minimum absolute atomic E-state index is 0.0406. The molecule has 0 saturated carbocycles. The average molecular weight is 201 g/mol. The first-order valence-electron chi connectivity index (χ1n) is 4.58. The van der Waals surface area contributed by atoms with Gasteiger partial charge in [-0.25, -0.2) is 0 Å². The lowest BCUT2D eigenvalue weighted by atomic mass is 9.89. The third-order valence-electron chi connectivity index (χ3n) is 2.18. The smallest absolute Gasteiger partial charge is 0.303 e. The predicted molar refractivity (Wildman–Crippen MR) is 48.8 cm³/mol. The van der Waals surface area contributed by atoms with Gasteiger partial charge in [0.05, 0.1) is 19.6 Å². The maximum Gasteiger partial charge on any atom is 0.303 e. The summed E-state index contributed by atoms with van der Waals surface area (Å²) < 4.78 is 5.02. The van der Waals surface area contributed by atoms with Gasteiger partial charge in [-0.05, 0) is 0 Å². The molecule has 1 saturated heterocycles. The maximum absolute atomic E-state index is 11.1. The standard InChI is InChI=1S/C9H15NO4/c1-9(5-14-6-9)4-10-7(11)2-3-8(12)13/h2-6H2,1H3,(H,10,11)(H,12,13). The molecule has 0 bridgehead atoms. The summed E-state index contributed by atoms with van der Waals surface area (Å²) >= 11 is 0. The number of ether oxygens (including phenoxy) is 1. The Hall–Kier alpha value is -1.10. The van der Waals surface area contributed by atoms with Crippen molar-refractivity contribution in [3.05, 3.63) is 0 Å². The van der Waals surface area contributed by atoms with Crippen molar-refractivity contribution in [3.8, 4) is 0 Å². The van der Waals surface area contributed by atoms with Crippen LogP contribution in [-0.2, 0) is 14.3 Å². The zero-order chi connectivity index (χ0) is 10.6. The number of carbonyl (C=O) groups is 2. The van der Waals surface area contributed by atoms with Gasteiger partial charge in [0, 0.05) is 18.4 Å². The van der Waals surface area contributed by atoms with E-state index in [1.54, 1.807) is 0 Å². The number of nitrogens with one attached hydrogen (secondary N) is 1. The van der Waals surface area contributed by atoms with Crippen molar-refractivity contribution in [1.29, 1.82) is 0 Å². The predicted octanol–water partition coefficient (Wildman–Crippen LogP) is 0.00390. The topological polar surface area (TPSA) is 75.6 Å². The second-order valence-corrected chi connectivity index (χ2v) is 3.97. The second kappa shape index (κ2) is 4.41. The normalized spacial score (nSPS) is 18.4. The van der Waals surface area contributed by atoms with E-state index in [4.69, 9.17) is 9.84 Å². The number of rotatable bonds is 5. The zero-order valence-corrected chi connectivity index (χ0v) is 8.21. The van der Waals surface area contributed by atoms with Gasteiger partial charge < -0.3 is 15.2 Å². The number of aliphatic carboxylic acids is 1. The van der Waals surface area contributed by atoms with Crippen LogP contribution in [0.3, 0.4) is 0 Å². The van der Waals surface area contributed by atoms with E-state index in [1.165, 1.54) is 0 Å². The summed E-state index contributed by atoms with van der Waals surface area (Å²) in [5.41, 5.74) is 0.0406. The number of carbonyl (C=O) groups excluding carboxylic acids is 1. The van der Waals surface area contributed by atoms with E-state index >= 15 is 0 Å². The Labute approximate surface area is 82.4 Å². The SMILES string of the molecule is CC1(CNC(=O)CCC(=O)O)COC1. The van der Waals surface area contributed by atoms with Crippen LogP contribution in [0.15, 0.2) is 0 Å². The molecule has 0 radical (unpaired) electrons. The summed E-state index contributed by atoms with van der Waals surface area (Å²) in [6, 6.07) is 0. The molecule has 2 N–H and O–H groups in total. The first kappa shape index (κ1) is 11.0. The van der Waals surface area contributed by atoms with Crippen molar-refractivity contribution in [1.82, 2.24) is 5.32 Å². The number of hydrogen-bond donors (Lipinski definition) is 2. The molecule has 5 nitrogen and oxygen atoms in total. The van der Waals surface area contributed by atoms with E-state index in [-0.39, 0.29) is 24.2 Å². The number of amides is 1. The van der Waals surface area contributed by atoms with Crippen molar-refractivity contribution < 1.29 is 19.4 Å². The minimum atomic E-state index is -0.946. The first-order chi connectivity index (χ1) is 6.52. The van der Waals surface area contributed by atoms with Crippen molar-refractivity contribution in [2.24, 2.45) is 5.41 Å². The molecule has 1 heterocycles. The molecule has 0 aromatic heterocycles. The van der Waals surface area contributed by atoms with Gasteiger partial charge in [-0.1, -0.05) is 6.92 Å². The quantitative estimate of drug-likeness (QED) is 0.656. The van der Waals surface area contributed by atoms with Crippen molar-refractivity contribution in [2.45, 2.75) is 19.8 Å². The maximum atomic E-state index is 11.1. The Bertz CT molecular complexity index is 235. The summed E-state index contributed by atoms with van der Waals surface area (Å²) in [7, 11) is 0. The summed E-state index contributed by atoms with van der Waals surface area (Å²) in [6.07, 6.45) is -0.0642.